The highest BCUT2D eigenvalue weighted by molar-refractivity contribution is 6.35. The molecule has 1 atom stereocenters. The minimum absolute atomic E-state index is 0.185. The maximum atomic E-state index is 13.8. The molecule has 8 nitrogen and oxygen atoms in total. The SMILES string of the molecule is C[C@@H](Oc1ccc2[nH]nc(-c3cnc(N4CC(O)C4)c(C#N)c3)c2c1)c1c(Cl)cnc(F)c1Cl. The van der Waals surface area contributed by atoms with Crippen molar-refractivity contribution in [2.24, 2.45) is 0 Å². The van der Waals surface area contributed by atoms with E-state index in [2.05, 4.69) is 26.2 Å². The van der Waals surface area contributed by atoms with E-state index >= 15 is 0 Å². The summed E-state index contributed by atoms with van der Waals surface area (Å²) in [5.41, 5.74) is 2.70. The van der Waals surface area contributed by atoms with Gasteiger partial charge in [-0.15, -0.1) is 0 Å². The molecule has 1 saturated heterocycles. The summed E-state index contributed by atoms with van der Waals surface area (Å²) in [6.45, 7) is 2.60. The van der Waals surface area contributed by atoms with Crippen molar-refractivity contribution in [2.75, 3.05) is 18.0 Å². The van der Waals surface area contributed by atoms with Crippen molar-refractivity contribution in [3.8, 4) is 23.1 Å². The molecule has 0 spiro atoms. The number of benzene rings is 1. The van der Waals surface area contributed by atoms with Crippen LogP contribution in [-0.2, 0) is 0 Å². The van der Waals surface area contributed by atoms with Gasteiger partial charge < -0.3 is 14.7 Å². The van der Waals surface area contributed by atoms with Crippen LogP contribution in [0.3, 0.4) is 0 Å². The fraction of sp³-hybridized carbons (Fsp3) is 0.217. The van der Waals surface area contributed by atoms with Gasteiger partial charge in [0.05, 0.1) is 22.2 Å². The number of aliphatic hydroxyl groups excluding tert-OH is 1. The molecule has 2 N–H and O–H groups in total. The highest BCUT2D eigenvalue weighted by atomic mass is 35.5. The summed E-state index contributed by atoms with van der Waals surface area (Å²) in [4.78, 5) is 9.80. The predicted molar refractivity (Wildman–Crippen MR) is 126 cm³/mol. The van der Waals surface area contributed by atoms with E-state index in [0.29, 0.717) is 47.0 Å². The standard InChI is InChI=1S/C23H17Cl2FN6O2/c1-11(19-17(24)8-28-22(26)20(19)25)34-15-2-3-18-16(5-15)21(31-30-18)13-4-12(6-27)23(29-7-13)32-9-14(33)10-32/h2-5,7-8,11,14,33H,9-10H2,1H3,(H,30,31)/t11-/m1/s1. The van der Waals surface area contributed by atoms with Crippen LogP contribution < -0.4 is 9.64 Å². The summed E-state index contributed by atoms with van der Waals surface area (Å²) in [7, 11) is 0. The number of aromatic amines is 1. The second-order valence-electron chi connectivity index (χ2n) is 7.93. The van der Waals surface area contributed by atoms with Crippen LogP contribution in [0.1, 0.15) is 24.2 Å². The summed E-state index contributed by atoms with van der Waals surface area (Å²) < 4.78 is 19.8. The molecule has 5 rings (SSSR count). The molecule has 0 bridgehead atoms. The van der Waals surface area contributed by atoms with Gasteiger partial charge in [-0.2, -0.15) is 14.8 Å². The summed E-state index contributed by atoms with van der Waals surface area (Å²) in [6, 6.07) is 9.23. The molecule has 34 heavy (non-hydrogen) atoms. The second kappa shape index (κ2) is 8.72. The Labute approximate surface area is 203 Å². The molecule has 11 heteroatoms. The van der Waals surface area contributed by atoms with Crippen LogP contribution in [0.25, 0.3) is 22.2 Å². The van der Waals surface area contributed by atoms with Gasteiger partial charge in [-0.05, 0) is 31.2 Å². The fourth-order valence-electron chi connectivity index (χ4n) is 3.93. The van der Waals surface area contributed by atoms with Crippen LogP contribution in [0.5, 0.6) is 5.75 Å². The van der Waals surface area contributed by atoms with Gasteiger partial charge in [-0.3, -0.25) is 5.10 Å². The molecule has 0 amide bonds. The van der Waals surface area contributed by atoms with E-state index in [-0.39, 0.29) is 10.0 Å². The number of pyridine rings is 2. The van der Waals surface area contributed by atoms with Crippen molar-refractivity contribution in [3.05, 3.63) is 63.8 Å². The average Bonchev–Trinajstić information content (AvgIpc) is 3.22. The lowest BCUT2D eigenvalue weighted by molar-refractivity contribution is 0.141. The van der Waals surface area contributed by atoms with Gasteiger partial charge in [0.25, 0.3) is 0 Å². The van der Waals surface area contributed by atoms with E-state index in [4.69, 9.17) is 27.9 Å². The van der Waals surface area contributed by atoms with E-state index in [1.54, 1.807) is 37.4 Å². The first-order valence-corrected chi connectivity index (χ1v) is 11.1. The number of rotatable bonds is 5. The predicted octanol–water partition coefficient (Wildman–Crippen LogP) is 4.66. The molecule has 4 aromatic rings. The third-order valence-corrected chi connectivity index (χ3v) is 6.30. The lowest BCUT2D eigenvalue weighted by atomic mass is 10.1. The Balaban J connectivity index is 1.47. The number of aliphatic hydroxyl groups is 1. The molecule has 172 valence electrons. The van der Waals surface area contributed by atoms with E-state index in [9.17, 15) is 14.8 Å². The monoisotopic (exact) mass is 498 g/mol. The van der Waals surface area contributed by atoms with Crippen molar-refractivity contribution in [3.63, 3.8) is 0 Å². The first-order valence-electron chi connectivity index (χ1n) is 10.3. The van der Waals surface area contributed by atoms with E-state index in [1.165, 1.54) is 6.20 Å². The number of aromatic nitrogens is 4. The molecule has 4 heterocycles. The van der Waals surface area contributed by atoms with Gasteiger partial charge in [-0.1, -0.05) is 23.2 Å². The van der Waals surface area contributed by atoms with Crippen molar-refractivity contribution in [1.82, 2.24) is 20.2 Å². The highest BCUT2D eigenvalue weighted by Gasteiger charge is 2.28. The Bertz CT molecular complexity index is 1450. The number of H-pyrrole nitrogens is 1. The van der Waals surface area contributed by atoms with Crippen molar-refractivity contribution < 1.29 is 14.2 Å². The maximum absolute atomic E-state index is 13.8. The summed E-state index contributed by atoms with van der Waals surface area (Å²) >= 11 is 12.2. The topological polar surface area (TPSA) is 111 Å². The lowest BCUT2D eigenvalue weighted by Gasteiger charge is -2.37. The Morgan fingerprint density at radius 3 is 2.79 bits per heavy atom. The number of nitrogens with one attached hydrogen (secondary N) is 1. The van der Waals surface area contributed by atoms with Crippen LogP contribution in [0.2, 0.25) is 10.0 Å². The minimum Gasteiger partial charge on any atom is -0.486 e. The summed E-state index contributed by atoms with van der Waals surface area (Å²) in [5.74, 6) is 0.209. The van der Waals surface area contributed by atoms with Crippen LogP contribution >= 0.6 is 23.2 Å². The zero-order valence-electron chi connectivity index (χ0n) is 17.8. The van der Waals surface area contributed by atoms with Crippen LogP contribution in [-0.4, -0.2) is 44.5 Å². The number of halogens is 3. The number of ether oxygens (including phenoxy) is 1. The number of nitrogens with zero attached hydrogens (tertiary/aromatic N) is 5. The number of hydrogen-bond donors (Lipinski definition) is 2. The Kier molecular flexibility index (Phi) is 5.73. The van der Waals surface area contributed by atoms with E-state index < -0.39 is 18.2 Å². The summed E-state index contributed by atoms with van der Waals surface area (Å²) in [5, 5.41) is 27.3. The Morgan fingerprint density at radius 2 is 2.06 bits per heavy atom. The van der Waals surface area contributed by atoms with Crippen molar-refractivity contribution in [1.29, 1.82) is 5.26 Å². The van der Waals surface area contributed by atoms with Gasteiger partial charge in [0.15, 0.2) is 0 Å². The van der Waals surface area contributed by atoms with Crippen molar-refractivity contribution >= 4 is 39.9 Å². The van der Waals surface area contributed by atoms with Crippen molar-refractivity contribution in [2.45, 2.75) is 19.1 Å². The number of nitriles is 1. The first kappa shape index (κ1) is 22.3. The molecule has 0 radical (unpaired) electrons. The van der Waals surface area contributed by atoms with Gasteiger partial charge >= 0.3 is 0 Å². The number of anilines is 1. The van der Waals surface area contributed by atoms with Crippen LogP contribution in [0.4, 0.5) is 10.2 Å². The zero-order chi connectivity index (χ0) is 24.0. The summed E-state index contributed by atoms with van der Waals surface area (Å²) in [6.07, 6.45) is 1.78. The first-order chi connectivity index (χ1) is 16.4. The molecule has 0 saturated carbocycles. The van der Waals surface area contributed by atoms with Gasteiger partial charge in [0, 0.05) is 42.0 Å². The number of fused-ring (bicyclic) bond motifs is 1. The third kappa shape index (κ3) is 3.90. The average molecular weight is 499 g/mol. The lowest BCUT2D eigenvalue weighted by Crippen LogP contribution is -2.51. The molecule has 1 aliphatic rings. The maximum Gasteiger partial charge on any atom is 0.232 e. The fourth-order valence-corrected chi connectivity index (χ4v) is 4.58. The third-order valence-electron chi connectivity index (χ3n) is 5.64. The Morgan fingerprint density at radius 1 is 1.26 bits per heavy atom. The Hall–Kier alpha value is -3.45. The minimum atomic E-state index is -0.818. The second-order valence-corrected chi connectivity index (χ2v) is 8.72. The molecule has 0 aliphatic carbocycles. The molecular weight excluding hydrogens is 482 g/mol. The van der Waals surface area contributed by atoms with E-state index in [1.807, 2.05) is 4.90 Å². The largest absolute Gasteiger partial charge is 0.486 e. The molecular formula is C23H17Cl2FN6O2. The molecule has 1 aromatic carbocycles. The molecule has 0 unspecified atom stereocenters. The number of hydrogen-bond acceptors (Lipinski definition) is 7. The zero-order valence-corrected chi connectivity index (χ0v) is 19.3. The van der Waals surface area contributed by atoms with Gasteiger partial charge in [0.2, 0.25) is 5.95 Å². The quantitative estimate of drug-likeness (QED) is 0.385. The van der Waals surface area contributed by atoms with E-state index in [0.717, 1.165) is 10.9 Å². The smallest absolute Gasteiger partial charge is 0.232 e. The van der Waals surface area contributed by atoms with Crippen LogP contribution in [0, 0.1) is 17.3 Å². The number of β-amino-alcohol motifs (C(OH)–C–C–N with tert-alkyl or cyclic N) is 1. The van der Waals surface area contributed by atoms with Gasteiger partial charge in [0.1, 0.15) is 34.5 Å². The van der Waals surface area contributed by atoms with Gasteiger partial charge in [-0.25, -0.2) is 9.97 Å². The normalized spacial score (nSPS) is 14.6. The highest BCUT2D eigenvalue weighted by Crippen LogP contribution is 2.36. The molecule has 3 aromatic heterocycles. The molecule has 1 aliphatic heterocycles. The molecule has 1 fully saturated rings. The van der Waals surface area contributed by atoms with Crippen LogP contribution in [0.15, 0.2) is 36.7 Å².